The molecule has 5 nitrogen and oxygen atoms in total. The summed E-state index contributed by atoms with van der Waals surface area (Å²) in [5, 5.41) is 8.60. The highest BCUT2D eigenvalue weighted by Gasteiger charge is 2.28. The molecule has 0 N–H and O–H groups in total. The van der Waals surface area contributed by atoms with Crippen molar-refractivity contribution in [3.8, 4) is 0 Å². The van der Waals surface area contributed by atoms with Crippen LogP contribution in [0.4, 0.5) is 0 Å². The van der Waals surface area contributed by atoms with Gasteiger partial charge in [-0.1, -0.05) is 79.3 Å². The van der Waals surface area contributed by atoms with E-state index in [1.165, 1.54) is 22.9 Å². The Morgan fingerprint density at radius 3 is 2.38 bits per heavy atom. The number of thioether (sulfide) groups is 1. The minimum atomic E-state index is -0.236. The number of aromatic nitrogens is 2. The molecule has 2 unspecified atom stereocenters. The van der Waals surface area contributed by atoms with Crippen molar-refractivity contribution in [2.45, 2.75) is 55.9 Å². The predicted molar refractivity (Wildman–Crippen MR) is 128 cm³/mol. The first-order chi connectivity index (χ1) is 15.6. The van der Waals surface area contributed by atoms with E-state index >= 15 is 0 Å². The first kappa shape index (κ1) is 22.6. The lowest BCUT2D eigenvalue weighted by atomic mass is 9.90. The first-order valence-electron chi connectivity index (χ1n) is 11.4. The second kappa shape index (κ2) is 10.8. The van der Waals surface area contributed by atoms with Gasteiger partial charge in [0.25, 0.3) is 5.22 Å². The number of carbonyl (C=O) groups excluding carboxylic acids is 1. The van der Waals surface area contributed by atoms with Gasteiger partial charge in [-0.3, -0.25) is 4.79 Å². The Bertz CT molecular complexity index is 985. The number of carbonyl (C=O) groups is 1. The van der Waals surface area contributed by atoms with E-state index in [-0.39, 0.29) is 11.2 Å². The fourth-order valence-corrected chi connectivity index (χ4v) is 5.08. The number of nitrogens with zero attached hydrogens (tertiary/aromatic N) is 3. The van der Waals surface area contributed by atoms with Gasteiger partial charge in [0, 0.05) is 19.5 Å². The largest absolute Gasteiger partial charge is 0.416 e. The van der Waals surface area contributed by atoms with Crippen LogP contribution in [0.2, 0.25) is 0 Å². The summed E-state index contributed by atoms with van der Waals surface area (Å²) in [5.41, 5.74) is 2.63. The number of likely N-dealkylation sites (tertiary alicyclic amines) is 1. The summed E-state index contributed by atoms with van der Waals surface area (Å²) < 4.78 is 5.84. The Morgan fingerprint density at radius 1 is 1.03 bits per heavy atom. The Morgan fingerprint density at radius 2 is 1.69 bits per heavy atom. The van der Waals surface area contributed by atoms with Crippen molar-refractivity contribution < 1.29 is 9.21 Å². The zero-order valence-electron chi connectivity index (χ0n) is 18.8. The highest BCUT2D eigenvalue weighted by molar-refractivity contribution is 8.00. The van der Waals surface area contributed by atoms with Gasteiger partial charge in [-0.25, -0.2) is 0 Å². The average Bonchev–Trinajstić information content (AvgIpc) is 3.27. The molecule has 2 heterocycles. The fraction of sp³-hybridized carbons (Fsp3) is 0.423. The number of rotatable bonds is 8. The van der Waals surface area contributed by atoms with E-state index in [1.807, 2.05) is 30.0 Å². The molecular weight excluding hydrogens is 418 g/mol. The lowest BCUT2D eigenvalue weighted by Crippen LogP contribution is -2.42. The quantitative estimate of drug-likeness (QED) is 0.432. The van der Waals surface area contributed by atoms with Crippen LogP contribution >= 0.6 is 11.8 Å². The van der Waals surface area contributed by atoms with E-state index in [4.69, 9.17) is 4.42 Å². The van der Waals surface area contributed by atoms with Crippen LogP contribution in [-0.4, -0.2) is 39.3 Å². The van der Waals surface area contributed by atoms with Crippen molar-refractivity contribution in [1.29, 1.82) is 0 Å². The van der Waals surface area contributed by atoms with E-state index in [0.29, 0.717) is 29.4 Å². The van der Waals surface area contributed by atoms with Gasteiger partial charge in [0.05, 0.1) is 5.25 Å². The van der Waals surface area contributed by atoms with Crippen LogP contribution in [-0.2, 0) is 17.6 Å². The maximum absolute atomic E-state index is 13.0. The van der Waals surface area contributed by atoms with Crippen molar-refractivity contribution >= 4 is 17.7 Å². The molecule has 2 aromatic carbocycles. The van der Waals surface area contributed by atoms with Crippen molar-refractivity contribution in [3.63, 3.8) is 0 Å². The van der Waals surface area contributed by atoms with Crippen molar-refractivity contribution in [1.82, 2.24) is 15.1 Å². The molecule has 2 atom stereocenters. The molecule has 168 valence electrons. The molecule has 3 aromatic rings. The van der Waals surface area contributed by atoms with Crippen molar-refractivity contribution in [2.75, 3.05) is 13.1 Å². The molecule has 1 fully saturated rings. The third-order valence-corrected chi connectivity index (χ3v) is 7.14. The van der Waals surface area contributed by atoms with Crippen LogP contribution in [0.1, 0.15) is 49.6 Å². The van der Waals surface area contributed by atoms with Crippen molar-refractivity contribution in [3.05, 3.63) is 77.7 Å². The van der Waals surface area contributed by atoms with Gasteiger partial charge in [0.15, 0.2) is 0 Å². The lowest BCUT2D eigenvalue weighted by Gasteiger charge is -2.33. The topological polar surface area (TPSA) is 59.2 Å². The molecule has 1 aliphatic rings. The van der Waals surface area contributed by atoms with Gasteiger partial charge in [0.1, 0.15) is 0 Å². The predicted octanol–water partition coefficient (Wildman–Crippen LogP) is 5.38. The smallest absolute Gasteiger partial charge is 0.277 e. The molecule has 0 bridgehead atoms. The van der Waals surface area contributed by atoms with Gasteiger partial charge in [-0.2, -0.15) is 0 Å². The highest BCUT2D eigenvalue weighted by atomic mass is 32.2. The average molecular weight is 450 g/mol. The van der Waals surface area contributed by atoms with E-state index in [2.05, 4.69) is 59.6 Å². The molecular formula is C26H31N3O2S. The van der Waals surface area contributed by atoms with Gasteiger partial charge >= 0.3 is 0 Å². The Balaban J connectivity index is 1.24. The molecule has 0 spiro atoms. The summed E-state index contributed by atoms with van der Waals surface area (Å²) in [6, 6.07) is 20.9. The zero-order valence-corrected chi connectivity index (χ0v) is 19.6. The number of hydrogen-bond acceptors (Lipinski definition) is 5. The maximum Gasteiger partial charge on any atom is 0.277 e. The van der Waals surface area contributed by atoms with E-state index in [9.17, 15) is 4.79 Å². The summed E-state index contributed by atoms with van der Waals surface area (Å²) in [5.74, 6) is 1.72. The highest BCUT2D eigenvalue weighted by Crippen LogP contribution is 2.28. The molecule has 0 aliphatic carbocycles. The normalized spacial score (nSPS) is 16.6. The van der Waals surface area contributed by atoms with Gasteiger partial charge < -0.3 is 9.32 Å². The first-order valence-corrected chi connectivity index (χ1v) is 12.3. The van der Waals surface area contributed by atoms with Crippen molar-refractivity contribution in [2.24, 2.45) is 5.92 Å². The van der Waals surface area contributed by atoms with Gasteiger partial charge in [-0.05, 0) is 49.1 Å². The fourth-order valence-electron chi connectivity index (χ4n) is 4.29. The molecule has 1 aromatic heterocycles. The second-order valence-corrected chi connectivity index (χ2v) is 9.99. The molecule has 0 saturated carbocycles. The van der Waals surface area contributed by atoms with Crippen LogP contribution in [0.25, 0.3) is 0 Å². The number of piperidine rings is 1. The van der Waals surface area contributed by atoms with Crippen LogP contribution in [0.3, 0.4) is 0 Å². The molecule has 32 heavy (non-hydrogen) atoms. The van der Waals surface area contributed by atoms with Crippen LogP contribution in [0, 0.1) is 5.92 Å². The number of amides is 1. The number of hydrogen-bond donors (Lipinski definition) is 0. The molecule has 4 rings (SSSR count). The van der Waals surface area contributed by atoms with Gasteiger partial charge in [-0.15, -0.1) is 10.2 Å². The Hall–Kier alpha value is -2.60. The summed E-state index contributed by atoms with van der Waals surface area (Å²) in [6.07, 6.45) is 3.90. The molecule has 1 amide bonds. The SMILES string of the molecule is CC(Sc1nnc(CC(C)c2ccccc2)o1)C(=O)N1CCC(Cc2ccccc2)CC1. The summed E-state index contributed by atoms with van der Waals surface area (Å²) in [7, 11) is 0. The Kier molecular flexibility index (Phi) is 7.63. The summed E-state index contributed by atoms with van der Waals surface area (Å²) in [6.45, 7) is 5.73. The van der Waals surface area contributed by atoms with E-state index in [1.54, 1.807) is 0 Å². The monoisotopic (exact) mass is 449 g/mol. The minimum absolute atomic E-state index is 0.158. The lowest BCUT2D eigenvalue weighted by molar-refractivity contribution is -0.131. The van der Waals surface area contributed by atoms with Gasteiger partial charge in [0.2, 0.25) is 11.8 Å². The maximum atomic E-state index is 13.0. The van der Waals surface area contributed by atoms with Crippen LogP contribution < -0.4 is 0 Å². The second-order valence-electron chi connectivity index (χ2n) is 8.70. The summed E-state index contributed by atoms with van der Waals surface area (Å²) >= 11 is 1.36. The third kappa shape index (κ3) is 6.00. The molecule has 1 saturated heterocycles. The number of benzene rings is 2. The third-order valence-electron chi connectivity index (χ3n) is 6.22. The minimum Gasteiger partial charge on any atom is -0.416 e. The van der Waals surface area contributed by atoms with Crippen LogP contribution in [0.15, 0.2) is 70.3 Å². The summed E-state index contributed by atoms with van der Waals surface area (Å²) in [4.78, 5) is 14.9. The molecule has 6 heteroatoms. The van der Waals surface area contributed by atoms with E-state index < -0.39 is 0 Å². The molecule has 1 aliphatic heterocycles. The molecule has 0 radical (unpaired) electrons. The van der Waals surface area contributed by atoms with Crippen LogP contribution in [0.5, 0.6) is 0 Å². The van der Waals surface area contributed by atoms with E-state index in [0.717, 1.165) is 32.4 Å². The Labute approximate surface area is 194 Å². The standard InChI is InChI=1S/C26H31N3O2S/c1-19(23-11-7-4-8-12-23)17-24-27-28-26(31-24)32-20(2)25(30)29-15-13-22(14-16-29)18-21-9-5-3-6-10-21/h3-12,19-20,22H,13-18H2,1-2H3. The zero-order chi connectivity index (χ0) is 22.3.